The molecule has 84 valence electrons. The van der Waals surface area contributed by atoms with E-state index in [1.54, 1.807) is 0 Å². The van der Waals surface area contributed by atoms with Crippen molar-refractivity contribution >= 4 is 10.8 Å². The summed E-state index contributed by atoms with van der Waals surface area (Å²) in [6, 6.07) is 0. The van der Waals surface area contributed by atoms with Gasteiger partial charge in [0.2, 0.25) is 0 Å². The standard InChI is InChI=1S/C7H12F3NO2S/c8-7(9,10)13-1-2-14(12)5-6-3-11-4-6/h6,11H,1-5H2. The van der Waals surface area contributed by atoms with Crippen molar-refractivity contribution in [2.24, 2.45) is 5.92 Å². The first kappa shape index (κ1) is 11.9. The molecule has 1 fully saturated rings. The van der Waals surface area contributed by atoms with Gasteiger partial charge in [0, 0.05) is 35.4 Å². The van der Waals surface area contributed by atoms with E-state index in [4.69, 9.17) is 0 Å². The molecule has 1 saturated heterocycles. The van der Waals surface area contributed by atoms with Crippen molar-refractivity contribution < 1.29 is 22.1 Å². The number of hydrogen-bond donors (Lipinski definition) is 1. The van der Waals surface area contributed by atoms with Crippen molar-refractivity contribution in [3.05, 3.63) is 0 Å². The molecular weight excluding hydrogens is 219 g/mol. The van der Waals surface area contributed by atoms with Crippen LogP contribution in [0.4, 0.5) is 13.2 Å². The lowest BCUT2D eigenvalue weighted by Gasteiger charge is -2.26. The van der Waals surface area contributed by atoms with Crippen LogP contribution in [-0.2, 0) is 15.5 Å². The molecule has 0 saturated carbocycles. The van der Waals surface area contributed by atoms with E-state index < -0.39 is 23.8 Å². The third-order valence-electron chi connectivity index (χ3n) is 1.86. The second-order valence-electron chi connectivity index (χ2n) is 3.13. The molecule has 14 heavy (non-hydrogen) atoms. The summed E-state index contributed by atoms with van der Waals surface area (Å²) in [5.74, 6) is 0.770. The molecule has 1 rings (SSSR count). The van der Waals surface area contributed by atoms with Crippen LogP contribution in [0.5, 0.6) is 0 Å². The zero-order valence-electron chi connectivity index (χ0n) is 7.47. The predicted molar refractivity (Wildman–Crippen MR) is 46.2 cm³/mol. The number of rotatable bonds is 5. The molecule has 0 radical (unpaired) electrons. The molecule has 0 aromatic heterocycles. The zero-order chi connectivity index (χ0) is 10.6. The molecule has 0 bridgehead atoms. The summed E-state index contributed by atoms with van der Waals surface area (Å²) in [4.78, 5) is 0. The quantitative estimate of drug-likeness (QED) is 0.748. The van der Waals surface area contributed by atoms with Crippen molar-refractivity contribution in [3.63, 3.8) is 0 Å². The fraction of sp³-hybridized carbons (Fsp3) is 1.00. The van der Waals surface area contributed by atoms with Gasteiger partial charge in [-0.05, 0) is 5.92 Å². The minimum Gasteiger partial charge on any atom is -0.316 e. The van der Waals surface area contributed by atoms with Gasteiger partial charge in [0.25, 0.3) is 0 Å². The van der Waals surface area contributed by atoms with E-state index in [9.17, 15) is 17.4 Å². The second kappa shape index (κ2) is 5.09. The van der Waals surface area contributed by atoms with E-state index in [1.165, 1.54) is 0 Å². The topological polar surface area (TPSA) is 38.3 Å². The molecule has 1 unspecified atom stereocenters. The summed E-state index contributed by atoms with van der Waals surface area (Å²) in [6.45, 7) is 1.11. The number of hydrogen-bond acceptors (Lipinski definition) is 3. The van der Waals surface area contributed by atoms with Crippen molar-refractivity contribution in [1.82, 2.24) is 5.32 Å². The van der Waals surface area contributed by atoms with Gasteiger partial charge < -0.3 is 5.32 Å². The molecule has 0 aromatic rings. The molecule has 3 nitrogen and oxygen atoms in total. The molecular formula is C7H12F3NO2S. The average Bonchev–Trinajstić information content (AvgIpc) is 1.94. The fourth-order valence-corrected chi connectivity index (χ4v) is 2.26. The maximum absolute atomic E-state index is 11.5. The molecule has 0 spiro atoms. The maximum atomic E-state index is 11.5. The molecule has 1 aliphatic heterocycles. The third kappa shape index (κ3) is 4.92. The van der Waals surface area contributed by atoms with Crippen LogP contribution in [0.2, 0.25) is 0 Å². The summed E-state index contributed by atoms with van der Waals surface area (Å²) >= 11 is 0. The first-order valence-corrected chi connectivity index (χ1v) is 5.72. The molecule has 0 aliphatic carbocycles. The van der Waals surface area contributed by atoms with Crippen molar-refractivity contribution in [2.75, 3.05) is 31.2 Å². The lowest BCUT2D eigenvalue weighted by atomic mass is 10.1. The van der Waals surface area contributed by atoms with Crippen LogP contribution in [0.25, 0.3) is 0 Å². The molecule has 1 N–H and O–H groups in total. The molecule has 1 aliphatic rings. The van der Waals surface area contributed by atoms with Crippen LogP contribution in [0.1, 0.15) is 0 Å². The van der Waals surface area contributed by atoms with Crippen molar-refractivity contribution in [3.8, 4) is 0 Å². The normalized spacial score (nSPS) is 20.5. The highest BCUT2D eigenvalue weighted by Crippen LogP contribution is 2.15. The van der Waals surface area contributed by atoms with Gasteiger partial charge in [-0.1, -0.05) is 0 Å². The summed E-state index contributed by atoms with van der Waals surface area (Å²) in [5, 5.41) is 3.00. The number of ether oxygens (including phenoxy) is 1. The van der Waals surface area contributed by atoms with Gasteiger partial charge in [-0.2, -0.15) is 0 Å². The van der Waals surface area contributed by atoms with E-state index in [1.807, 2.05) is 0 Å². The highest BCUT2D eigenvalue weighted by Gasteiger charge is 2.29. The van der Waals surface area contributed by atoms with Gasteiger partial charge >= 0.3 is 6.36 Å². The van der Waals surface area contributed by atoms with Gasteiger partial charge in [0.1, 0.15) is 0 Å². The van der Waals surface area contributed by atoms with Crippen LogP contribution in [0.15, 0.2) is 0 Å². The lowest BCUT2D eigenvalue weighted by Crippen LogP contribution is -2.45. The Bertz CT molecular complexity index is 206. The van der Waals surface area contributed by atoms with Crippen LogP contribution >= 0.6 is 0 Å². The van der Waals surface area contributed by atoms with Gasteiger partial charge in [0.15, 0.2) is 0 Å². The van der Waals surface area contributed by atoms with Gasteiger partial charge in [-0.15, -0.1) is 13.2 Å². The largest absolute Gasteiger partial charge is 0.522 e. The number of halogens is 3. The monoisotopic (exact) mass is 231 g/mol. The number of nitrogens with one attached hydrogen (secondary N) is 1. The third-order valence-corrected chi connectivity index (χ3v) is 3.33. The van der Waals surface area contributed by atoms with Crippen LogP contribution in [0, 0.1) is 5.92 Å². The van der Waals surface area contributed by atoms with Crippen LogP contribution < -0.4 is 5.32 Å². The Morgan fingerprint density at radius 3 is 2.50 bits per heavy atom. The van der Waals surface area contributed by atoms with Crippen LogP contribution in [-0.4, -0.2) is 41.8 Å². The summed E-state index contributed by atoms with van der Waals surface area (Å²) in [6.07, 6.45) is -4.61. The molecule has 1 heterocycles. The molecule has 1 atom stereocenters. The molecule has 7 heteroatoms. The minimum atomic E-state index is -4.61. The van der Waals surface area contributed by atoms with E-state index in [0.29, 0.717) is 11.7 Å². The van der Waals surface area contributed by atoms with Crippen LogP contribution in [0.3, 0.4) is 0 Å². The molecule has 0 amide bonds. The smallest absolute Gasteiger partial charge is 0.316 e. The Balaban J connectivity index is 2.03. The summed E-state index contributed by atoms with van der Waals surface area (Å²) in [5.41, 5.74) is 0. The summed E-state index contributed by atoms with van der Waals surface area (Å²) < 4.78 is 49.2. The molecule has 0 aromatic carbocycles. The second-order valence-corrected chi connectivity index (χ2v) is 4.75. The van der Waals surface area contributed by atoms with E-state index in [0.717, 1.165) is 13.1 Å². The minimum absolute atomic E-state index is 0.0456. The maximum Gasteiger partial charge on any atom is 0.522 e. The first-order valence-electron chi connectivity index (χ1n) is 4.24. The van der Waals surface area contributed by atoms with Gasteiger partial charge in [0.05, 0.1) is 6.61 Å². The van der Waals surface area contributed by atoms with Gasteiger partial charge in [-0.25, -0.2) is 0 Å². The van der Waals surface area contributed by atoms with Crippen molar-refractivity contribution in [1.29, 1.82) is 0 Å². The highest BCUT2D eigenvalue weighted by atomic mass is 32.2. The lowest BCUT2D eigenvalue weighted by molar-refractivity contribution is -0.322. The Morgan fingerprint density at radius 1 is 1.43 bits per heavy atom. The van der Waals surface area contributed by atoms with E-state index in [-0.39, 0.29) is 5.75 Å². The Morgan fingerprint density at radius 2 is 2.07 bits per heavy atom. The fourth-order valence-electron chi connectivity index (χ4n) is 1.06. The highest BCUT2D eigenvalue weighted by molar-refractivity contribution is 7.85. The summed E-state index contributed by atoms with van der Waals surface area (Å²) in [7, 11) is -1.20. The SMILES string of the molecule is O=S(CCOC(F)(F)F)CC1CNC1. The number of alkyl halides is 3. The Hall–Kier alpha value is -0.140. The predicted octanol–water partition coefficient (Wildman–Crippen LogP) is 0.491. The van der Waals surface area contributed by atoms with E-state index in [2.05, 4.69) is 10.1 Å². The van der Waals surface area contributed by atoms with Gasteiger partial charge in [-0.3, -0.25) is 8.95 Å². The zero-order valence-corrected chi connectivity index (χ0v) is 8.29. The first-order chi connectivity index (χ1) is 6.47. The van der Waals surface area contributed by atoms with Crippen molar-refractivity contribution in [2.45, 2.75) is 6.36 Å². The Labute approximate surface area is 82.5 Å². The Kier molecular flexibility index (Phi) is 4.33. The van der Waals surface area contributed by atoms with E-state index >= 15 is 0 Å². The average molecular weight is 231 g/mol.